The molecule has 0 aliphatic carbocycles. The van der Waals surface area contributed by atoms with E-state index < -0.39 is 0 Å². The lowest BCUT2D eigenvalue weighted by Crippen LogP contribution is -2.43. The van der Waals surface area contributed by atoms with Gasteiger partial charge in [-0.05, 0) is 44.7 Å². The molecule has 174 valence electrons. The molecule has 0 spiro atoms. The molecule has 3 heterocycles. The highest BCUT2D eigenvalue weighted by atomic mass is 16.5. The number of hydrogen-bond donors (Lipinski definition) is 2. The predicted molar refractivity (Wildman–Crippen MR) is 126 cm³/mol. The Labute approximate surface area is 193 Å². The number of anilines is 1. The molecule has 1 aliphatic rings. The zero-order chi connectivity index (χ0) is 23.7. The van der Waals surface area contributed by atoms with E-state index in [0.29, 0.717) is 29.4 Å². The molecule has 2 aromatic heterocycles. The van der Waals surface area contributed by atoms with Crippen molar-refractivity contribution < 1.29 is 14.3 Å². The van der Waals surface area contributed by atoms with Gasteiger partial charge in [0.2, 0.25) is 5.91 Å². The Morgan fingerprint density at radius 3 is 2.64 bits per heavy atom. The normalized spacial score (nSPS) is 20.7. The smallest absolute Gasteiger partial charge is 0.276 e. The Balaban J connectivity index is 1.60. The Bertz CT molecular complexity index is 1190. The minimum absolute atomic E-state index is 0.0140. The summed E-state index contributed by atoms with van der Waals surface area (Å²) in [7, 11) is 0. The number of aromatic nitrogens is 3. The van der Waals surface area contributed by atoms with Gasteiger partial charge in [0.25, 0.3) is 5.91 Å². The number of aryl methyl sites for hydroxylation is 2. The first-order chi connectivity index (χ1) is 15.7. The Hall–Kier alpha value is -3.26. The molecule has 1 fully saturated rings. The molecular weight excluding hydrogens is 418 g/mol. The molecule has 1 aliphatic heterocycles. The maximum atomic E-state index is 13.1. The van der Waals surface area contributed by atoms with Crippen molar-refractivity contribution >= 4 is 23.1 Å². The second-order valence-electron chi connectivity index (χ2n) is 9.16. The second-order valence-corrected chi connectivity index (χ2v) is 9.16. The molecule has 0 saturated carbocycles. The van der Waals surface area contributed by atoms with Crippen LogP contribution < -0.4 is 10.6 Å². The SMILES string of the molecule is CC(=O)N[C@H]1C[C@@H](c2ccccc2NC(=O)c2cc3nc(C)cc(C)n3n2)O[C@@H](C(C)C)C1. The van der Waals surface area contributed by atoms with Crippen molar-refractivity contribution in [3.8, 4) is 0 Å². The predicted octanol–water partition coefficient (Wildman–Crippen LogP) is 3.98. The topological polar surface area (TPSA) is 97.6 Å². The van der Waals surface area contributed by atoms with Crippen LogP contribution >= 0.6 is 0 Å². The molecule has 2 amide bonds. The van der Waals surface area contributed by atoms with Crippen LogP contribution in [0.4, 0.5) is 5.69 Å². The van der Waals surface area contributed by atoms with Crippen LogP contribution in [-0.2, 0) is 9.53 Å². The zero-order valence-corrected chi connectivity index (χ0v) is 19.8. The Morgan fingerprint density at radius 1 is 1.15 bits per heavy atom. The first-order valence-corrected chi connectivity index (χ1v) is 11.4. The number of rotatable bonds is 5. The van der Waals surface area contributed by atoms with Gasteiger partial charge >= 0.3 is 0 Å². The number of carbonyl (C=O) groups is 2. The fourth-order valence-corrected chi connectivity index (χ4v) is 4.47. The van der Waals surface area contributed by atoms with Crippen LogP contribution in [0.3, 0.4) is 0 Å². The number of benzene rings is 1. The standard InChI is InChI=1S/C25H31N5O3/c1-14(2)22-11-18(27-17(5)31)12-23(33-22)19-8-6-7-9-20(19)28-25(32)21-13-24-26-15(3)10-16(4)30(24)29-21/h6-10,13-14,18,22-23H,11-12H2,1-5H3,(H,27,31)(H,28,32)/t18-,22-,23+/m1/s1. The molecule has 2 N–H and O–H groups in total. The number of nitrogens with zero attached hydrogens (tertiary/aromatic N) is 3. The number of para-hydroxylation sites is 1. The minimum Gasteiger partial charge on any atom is -0.370 e. The van der Waals surface area contributed by atoms with E-state index in [4.69, 9.17) is 4.74 Å². The van der Waals surface area contributed by atoms with Crippen molar-refractivity contribution in [1.82, 2.24) is 19.9 Å². The van der Waals surface area contributed by atoms with E-state index in [1.807, 2.05) is 44.2 Å². The zero-order valence-electron chi connectivity index (χ0n) is 19.8. The second kappa shape index (κ2) is 9.31. The summed E-state index contributed by atoms with van der Waals surface area (Å²) in [5.41, 5.74) is 4.29. The molecule has 3 aromatic rings. The number of amides is 2. The van der Waals surface area contributed by atoms with E-state index in [9.17, 15) is 9.59 Å². The largest absolute Gasteiger partial charge is 0.370 e. The fraction of sp³-hybridized carbons (Fsp3) is 0.440. The molecule has 1 aromatic carbocycles. The van der Waals surface area contributed by atoms with Gasteiger partial charge in [-0.25, -0.2) is 9.50 Å². The third kappa shape index (κ3) is 5.06. The van der Waals surface area contributed by atoms with Gasteiger partial charge in [-0.3, -0.25) is 9.59 Å². The van der Waals surface area contributed by atoms with Crippen LogP contribution in [0.2, 0.25) is 0 Å². The summed E-state index contributed by atoms with van der Waals surface area (Å²) in [5.74, 6) is -0.0432. The van der Waals surface area contributed by atoms with Crippen LogP contribution in [0.25, 0.3) is 5.65 Å². The highest BCUT2D eigenvalue weighted by molar-refractivity contribution is 6.04. The highest BCUT2D eigenvalue weighted by Gasteiger charge is 2.33. The molecule has 3 atom stereocenters. The van der Waals surface area contributed by atoms with Crippen LogP contribution in [0, 0.1) is 19.8 Å². The van der Waals surface area contributed by atoms with Crippen LogP contribution in [0.5, 0.6) is 0 Å². The van der Waals surface area contributed by atoms with Crippen molar-refractivity contribution in [3.05, 3.63) is 59.0 Å². The van der Waals surface area contributed by atoms with Crippen molar-refractivity contribution in [3.63, 3.8) is 0 Å². The summed E-state index contributed by atoms with van der Waals surface area (Å²) in [6, 6.07) is 11.3. The van der Waals surface area contributed by atoms with E-state index in [-0.39, 0.29) is 30.1 Å². The molecule has 0 bridgehead atoms. The minimum atomic E-state index is -0.306. The first kappa shape index (κ1) is 22.9. The van der Waals surface area contributed by atoms with Crippen molar-refractivity contribution in [2.75, 3.05) is 5.32 Å². The van der Waals surface area contributed by atoms with Crippen molar-refractivity contribution in [1.29, 1.82) is 0 Å². The van der Waals surface area contributed by atoms with Gasteiger partial charge in [0.15, 0.2) is 11.3 Å². The van der Waals surface area contributed by atoms with E-state index in [0.717, 1.165) is 23.4 Å². The molecular formula is C25H31N5O3. The number of nitrogens with one attached hydrogen (secondary N) is 2. The van der Waals surface area contributed by atoms with E-state index in [1.165, 1.54) is 6.92 Å². The molecule has 1 saturated heterocycles. The molecule has 33 heavy (non-hydrogen) atoms. The molecule has 0 radical (unpaired) electrons. The van der Waals surface area contributed by atoms with E-state index in [1.54, 1.807) is 10.6 Å². The van der Waals surface area contributed by atoms with Crippen LogP contribution in [0.15, 0.2) is 36.4 Å². The van der Waals surface area contributed by atoms with Gasteiger partial charge in [-0.2, -0.15) is 5.10 Å². The lowest BCUT2D eigenvalue weighted by atomic mass is 9.89. The van der Waals surface area contributed by atoms with Gasteiger partial charge < -0.3 is 15.4 Å². The van der Waals surface area contributed by atoms with Crippen LogP contribution in [0.1, 0.15) is 67.2 Å². The molecule has 8 nitrogen and oxygen atoms in total. The monoisotopic (exact) mass is 449 g/mol. The molecule has 8 heteroatoms. The maximum absolute atomic E-state index is 13.1. The average Bonchev–Trinajstić information content (AvgIpc) is 3.18. The van der Waals surface area contributed by atoms with Crippen molar-refractivity contribution in [2.24, 2.45) is 5.92 Å². The van der Waals surface area contributed by atoms with Gasteiger partial charge in [0, 0.05) is 41.7 Å². The van der Waals surface area contributed by atoms with Gasteiger partial charge in [0.05, 0.1) is 12.2 Å². The number of ether oxygens (including phenoxy) is 1. The molecule has 0 unspecified atom stereocenters. The van der Waals surface area contributed by atoms with Gasteiger partial charge in [0.1, 0.15) is 0 Å². The quantitative estimate of drug-likeness (QED) is 0.614. The van der Waals surface area contributed by atoms with E-state index in [2.05, 4.69) is 34.6 Å². The van der Waals surface area contributed by atoms with E-state index >= 15 is 0 Å². The summed E-state index contributed by atoms with van der Waals surface area (Å²) in [4.78, 5) is 29.2. The maximum Gasteiger partial charge on any atom is 0.276 e. The summed E-state index contributed by atoms with van der Waals surface area (Å²) < 4.78 is 8.09. The summed E-state index contributed by atoms with van der Waals surface area (Å²) in [6.45, 7) is 9.62. The third-order valence-electron chi connectivity index (χ3n) is 6.03. The lowest BCUT2D eigenvalue weighted by molar-refractivity contribution is -0.123. The summed E-state index contributed by atoms with van der Waals surface area (Å²) >= 11 is 0. The Kier molecular flexibility index (Phi) is 6.47. The number of hydrogen-bond acceptors (Lipinski definition) is 5. The lowest BCUT2D eigenvalue weighted by Gasteiger charge is -2.38. The van der Waals surface area contributed by atoms with Gasteiger partial charge in [-0.1, -0.05) is 32.0 Å². The fourth-order valence-electron chi connectivity index (χ4n) is 4.47. The Morgan fingerprint density at radius 2 is 1.91 bits per heavy atom. The number of fused-ring (bicyclic) bond motifs is 1. The van der Waals surface area contributed by atoms with Crippen LogP contribution in [-0.4, -0.2) is 38.6 Å². The average molecular weight is 450 g/mol. The summed E-state index contributed by atoms with van der Waals surface area (Å²) in [5, 5.41) is 10.5. The molecule has 4 rings (SSSR count). The number of carbonyl (C=O) groups excluding carboxylic acids is 2. The summed E-state index contributed by atoms with van der Waals surface area (Å²) in [6.07, 6.45) is 1.19. The highest BCUT2D eigenvalue weighted by Crippen LogP contribution is 2.37. The van der Waals surface area contributed by atoms with Gasteiger partial charge in [-0.15, -0.1) is 0 Å². The first-order valence-electron chi connectivity index (χ1n) is 11.4. The van der Waals surface area contributed by atoms with Crippen molar-refractivity contribution in [2.45, 2.75) is 65.7 Å². The third-order valence-corrected chi connectivity index (χ3v) is 6.03.